The maximum absolute atomic E-state index is 13.5. The maximum Gasteiger partial charge on any atom is 0.142 e. The molecule has 0 radical (unpaired) electrons. The second-order valence-electron chi connectivity index (χ2n) is 4.99. The van der Waals surface area contributed by atoms with Crippen LogP contribution in [0.4, 0.5) is 10.1 Å². The fourth-order valence-corrected chi connectivity index (χ4v) is 2.17. The monoisotopic (exact) mass is 293 g/mol. The predicted octanol–water partition coefficient (Wildman–Crippen LogP) is 4.97. The Morgan fingerprint density at radius 1 is 1.15 bits per heavy atom. The normalized spacial score (nSPS) is 12.2. The molecule has 2 aromatic carbocycles. The summed E-state index contributed by atoms with van der Waals surface area (Å²) in [6.07, 6.45) is 0. The number of hydrogen-bond donors (Lipinski definition) is 2. The highest BCUT2D eigenvalue weighted by atomic mass is 35.5. The Hall–Kier alpha value is -1.74. The van der Waals surface area contributed by atoms with Crippen molar-refractivity contribution in [1.29, 1.82) is 0 Å². The van der Waals surface area contributed by atoms with Crippen molar-refractivity contribution in [2.75, 3.05) is 5.32 Å². The topological polar surface area (TPSA) is 32.3 Å². The summed E-state index contributed by atoms with van der Waals surface area (Å²) in [6.45, 7) is 5.70. The van der Waals surface area contributed by atoms with E-state index in [9.17, 15) is 9.50 Å². The molecule has 0 aliphatic heterocycles. The van der Waals surface area contributed by atoms with Crippen LogP contribution in [0.25, 0.3) is 0 Å². The van der Waals surface area contributed by atoms with E-state index in [1.54, 1.807) is 18.2 Å². The number of halogens is 2. The quantitative estimate of drug-likeness (QED) is 0.783. The zero-order valence-electron chi connectivity index (χ0n) is 11.7. The molecule has 0 spiro atoms. The van der Waals surface area contributed by atoms with Gasteiger partial charge in [-0.25, -0.2) is 4.39 Å². The van der Waals surface area contributed by atoms with E-state index in [-0.39, 0.29) is 16.8 Å². The molecule has 2 aromatic rings. The summed E-state index contributed by atoms with van der Waals surface area (Å²) in [5.74, 6) is -0.144. The molecular weight excluding hydrogens is 277 g/mol. The molecule has 2 rings (SSSR count). The minimum Gasteiger partial charge on any atom is -0.508 e. The number of rotatable bonds is 3. The lowest BCUT2D eigenvalue weighted by Gasteiger charge is -2.18. The van der Waals surface area contributed by atoms with E-state index in [2.05, 4.69) is 5.32 Å². The first kappa shape index (κ1) is 14.7. The molecule has 1 unspecified atom stereocenters. The van der Waals surface area contributed by atoms with Crippen LogP contribution in [-0.2, 0) is 0 Å². The SMILES string of the molecule is Cc1cc(NC(C)c2ccc(Cl)c(F)c2)c(C)cc1O. The van der Waals surface area contributed by atoms with Gasteiger partial charge in [0.05, 0.1) is 5.02 Å². The van der Waals surface area contributed by atoms with Crippen molar-refractivity contribution < 1.29 is 9.50 Å². The van der Waals surface area contributed by atoms with Crippen LogP contribution in [0.3, 0.4) is 0 Å². The smallest absolute Gasteiger partial charge is 0.142 e. The summed E-state index contributed by atoms with van der Waals surface area (Å²) in [7, 11) is 0. The Labute approximate surface area is 123 Å². The summed E-state index contributed by atoms with van der Waals surface area (Å²) in [4.78, 5) is 0. The lowest BCUT2D eigenvalue weighted by molar-refractivity contribution is 0.470. The van der Waals surface area contributed by atoms with Crippen LogP contribution in [0.15, 0.2) is 30.3 Å². The lowest BCUT2D eigenvalue weighted by atomic mass is 10.1. The van der Waals surface area contributed by atoms with E-state index in [1.807, 2.05) is 26.8 Å². The van der Waals surface area contributed by atoms with E-state index in [1.165, 1.54) is 6.07 Å². The number of phenolic OH excluding ortho intramolecular Hbond substituents is 1. The van der Waals surface area contributed by atoms with E-state index >= 15 is 0 Å². The van der Waals surface area contributed by atoms with Crippen LogP contribution >= 0.6 is 11.6 Å². The average Bonchev–Trinajstić information content (AvgIpc) is 2.39. The molecule has 4 heteroatoms. The van der Waals surface area contributed by atoms with Gasteiger partial charge in [-0.3, -0.25) is 0 Å². The summed E-state index contributed by atoms with van der Waals surface area (Å²) >= 11 is 5.69. The van der Waals surface area contributed by atoms with Gasteiger partial charge >= 0.3 is 0 Å². The molecular formula is C16H17ClFNO. The highest BCUT2D eigenvalue weighted by Crippen LogP contribution is 2.29. The van der Waals surface area contributed by atoms with Crippen molar-refractivity contribution in [1.82, 2.24) is 0 Å². The third-order valence-electron chi connectivity index (χ3n) is 3.36. The predicted molar refractivity (Wildman–Crippen MR) is 81.0 cm³/mol. The molecule has 0 fully saturated rings. The summed E-state index contributed by atoms with van der Waals surface area (Å²) in [5, 5.41) is 13.1. The van der Waals surface area contributed by atoms with Crippen molar-refractivity contribution in [3.05, 3.63) is 57.9 Å². The molecule has 2 nitrogen and oxygen atoms in total. The number of hydrogen-bond acceptors (Lipinski definition) is 2. The van der Waals surface area contributed by atoms with Crippen LogP contribution in [0.1, 0.15) is 29.7 Å². The second-order valence-corrected chi connectivity index (χ2v) is 5.40. The van der Waals surface area contributed by atoms with Crippen LogP contribution in [0, 0.1) is 19.7 Å². The second kappa shape index (κ2) is 5.71. The first-order valence-electron chi connectivity index (χ1n) is 6.40. The van der Waals surface area contributed by atoms with Crippen molar-refractivity contribution in [2.45, 2.75) is 26.8 Å². The van der Waals surface area contributed by atoms with E-state index in [0.717, 1.165) is 22.4 Å². The zero-order chi connectivity index (χ0) is 14.9. The van der Waals surface area contributed by atoms with Gasteiger partial charge in [0, 0.05) is 11.7 Å². The number of aromatic hydroxyl groups is 1. The molecule has 0 amide bonds. The first-order chi connectivity index (χ1) is 9.38. The van der Waals surface area contributed by atoms with Gasteiger partial charge in [0.15, 0.2) is 0 Å². The van der Waals surface area contributed by atoms with E-state index in [0.29, 0.717) is 0 Å². The van der Waals surface area contributed by atoms with Crippen LogP contribution in [0.5, 0.6) is 5.75 Å². The Morgan fingerprint density at radius 3 is 2.50 bits per heavy atom. The van der Waals surface area contributed by atoms with Gasteiger partial charge < -0.3 is 10.4 Å². The molecule has 20 heavy (non-hydrogen) atoms. The van der Waals surface area contributed by atoms with E-state index in [4.69, 9.17) is 11.6 Å². The third kappa shape index (κ3) is 3.05. The fourth-order valence-electron chi connectivity index (χ4n) is 2.05. The molecule has 0 aliphatic rings. The molecule has 2 N–H and O–H groups in total. The maximum atomic E-state index is 13.5. The Morgan fingerprint density at radius 2 is 1.85 bits per heavy atom. The Balaban J connectivity index is 2.25. The van der Waals surface area contributed by atoms with Gasteiger partial charge in [0.2, 0.25) is 0 Å². The van der Waals surface area contributed by atoms with Crippen molar-refractivity contribution >= 4 is 17.3 Å². The van der Waals surface area contributed by atoms with Gasteiger partial charge in [-0.1, -0.05) is 17.7 Å². The molecule has 1 atom stereocenters. The van der Waals surface area contributed by atoms with Crippen molar-refractivity contribution in [2.24, 2.45) is 0 Å². The van der Waals surface area contributed by atoms with Gasteiger partial charge in [-0.2, -0.15) is 0 Å². The summed E-state index contributed by atoms with van der Waals surface area (Å²) < 4.78 is 13.5. The average molecular weight is 294 g/mol. The largest absolute Gasteiger partial charge is 0.508 e. The summed E-state index contributed by atoms with van der Waals surface area (Å²) in [6, 6.07) is 8.32. The van der Waals surface area contributed by atoms with Crippen LogP contribution < -0.4 is 5.32 Å². The molecule has 0 heterocycles. The van der Waals surface area contributed by atoms with Gasteiger partial charge in [0.25, 0.3) is 0 Å². The molecule has 0 saturated heterocycles. The number of benzene rings is 2. The summed E-state index contributed by atoms with van der Waals surface area (Å²) in [5.41, 5.74) is 3.47. The van der Waals surface area contributed by atoms with E-state index < -0.39 is 5.82 Å². The van der Waals surface area contributed by atoms with Gasteiger partial charge in [-0.05, 0) is 61.7 Å². The Bertz CT molecular complexity index is 643. The Kier molecular flexibility index (Phi) is 4.19. The number of phenols is 1. The minimum atomic E-state index is -0.420. The number of aryl methyl sites for hydroxylation is 2. The fraction of sp³-hybridized carbons (Fsp3) is 0.250. The number of nitrogens with one attached hydrogen (secondary N) is 1. The molecule has 0 bridgehead atoms. The highest BCUT2D eigenvalue weighted by molar-refractivity contribution is 6.30. The number of anilines is 1. The molecule has 106 valence electrons. The lowest BCUT2D eigenvalue weighted by Crippen LogP contribution is -2.08. The first-order valence-corrected chi connectivity index (χ1v) is 6.78. The minimum absolute atomic E-state index is 0.0654. The third-order valence-corrected chi connectivity index (χ3v) is 3.67. The zero-order valence-corrected chi connectivity index (χ0v) is 12.4. The van der Waals surface area contributed by atoms with Crippen molar-refractivity contribution in [3.8, 4) is 5.75 Å². The van der Waals surface area contributed by atoms with Crippen molar-refractivity contribution in [3.63, 3.8) is 0 Å². The standard InChI is InChI=1S/C16H17ClFNO/c1-9-7-16(20)10(2)6-15(9)19-11(3)12-4-5-13(17)14(18)8-12/h4-8,11,19-20H,1-3H3. The van der Waals surface area contributed by atoms with Crippen LogP contribution in [0.2, 0.25) is 5.02 Å². The van der Waals surface area contributed by atoms with Gasteiger partial charge in [0.1, 0.15) is 11.6 Å². The highest BCUT2D eigenvalue weighted by Gasteiger charge is 2.11. The van der Waals surface area contributed by atoms with Crippen LogP contribution in [-0.4, -0.2) is 5.11 Å². The molecule has 0 saturated carbocycles. The van der Waals surface area contributed by atoms with Gasteiger partial charge in [-0.15, -0.1) is 0 Å². The molecule has 0 aliphatic carbocycles. The molecule has 0 aromatic heterocycles.